The molecule has 14 aromatic rings. The maximum Gasteiger partial charge on any atom is 0.164 e. The highest BCUT2D eigenvalue weighted by atomic mass is 32.1. The molecule has 0 atom stereocenters. The van der Waals surface area contributed by atoms with Crippen molar-refractivity contribution in [3.05, 3.63) is 231 Å². The van der Waals surface area contributed by atoms with Crippen LogP contribution in [0, 0.1) is 0 Å². The summed E-state index contributed by atoms with van der Waals surface area (Å²) >= 11 is 1.83. The van der Waals surface area contributed by atoms with E-state index in [0.29, 0.717) is 17.5 Å². The van der Waals surface area contributed by atoms with Crippen LogP contribution in [0.4, 0.5) is 0 Å². The molecule has 3 heterocycles. The highest BCUT2D eigenvalue weighted by Gasteiger charge is 2.22. The van der Waals surface area contributed by atoms with Gasteiger partial charge in [0.15, 0.2) is 17.5 Å². The minimum Gasteiger partial charge on any atom is -0.309 e. The van der Waals surface area contributed by atoms with Gasteiger partial charge in [0.2, 0.25) is 0 Å². The van der Waals surface area contributed by atoms with Crippen molar-refractivity contribution in [1.82, 2.24) is 19.5 Å². The molecule has 0 bridgehead atoms. The first kappa shape index (κ1) is 38.5. The molecule has 4 nitrogen and oxygen atoms in total. The second kappa shape index (κ2) is 15.4. The number of benzene rings is 11. The summed E-state index contributed by atoms with van der Waals surface area (Å²) in [5.41, 5.74) is 10.7. The number of rotatable bonds is 6. The van der Waals surface area contributed by atoms with Gasteiger partial charge in [0.1, 0.15) is 0 Å². The zero-order valence-corrected chi connectivity index (χ0v) is 37.5. The van der Waals surface area contributed by atoms with Crippen molar-refractivity contribution in [3.63, 3.8) is 0 Å². The van der Waals surface area contributed by atoms with E-state index < -0.39 is 0 Å². The summed E-state index contributed by atoms with van der Waals surface area (Å²) in [5.74, 6) is 1.87. The molecule has 0 N–H and O–H groups in total. The van der Waals surface area contributed by atoms with Gasteiger partial charge in [-0.05, 0) is 121 Å². The quantitative estimate of drug-likeness (QED) is 0.167. The predicted octanol–water partition coefficient (Wildman–Crippen LogP) is 17.1. The fourth-order valence-corrected chi connectivity index (χ4v) is 11.4. The lowest BCUT2D eigenvalue weighted by Gasteiger charge is -2.16. The maximum atomic E-state index is 5.40. The van der Waals surface area contributed by atoms with Crippen molar-refractivity contribution in [3.8, 4) is 62.1 Å². The van der Waals surface area contributed by atoms with E-state index in [1.165, 1.54) is 63.6 Å². The van der Waals surface area contributed by atoms with E-state index in [-0.39, 0.29) is 0 Å². The van der Waals surface area contributed by atoms with E-state index in [2.05, 4.69) is 235 Å². The number of hydrogen-bond donors (Lipinski definition) is 0. The topological polar surface area (TPSA) is 43.6 Å². The Bertz CT molecular complexity index is 4240. The summed E-state index contributed by atoms with van der Waals surface area (Å²) in [7, 11) is 0. The van der Waals surface area contributed by atoms with Crippen LogP contribution in [0.3, 0.4) is 0 Å². The Labute approximate surface area is 395 Å². The Kier molecular flexibility index (Phi) is 8.73. The number of fused-ring (bicyclic) bond motifs is 9. The van der Waals surface area contributed by atoms with Crippen LogP contribution in [0.25, 0.3) is 136 Å². The third kappa shape index (κ3) is 6.32. The smallest absolute Gasteiger partial charge is 0.164 e. The van der Waals surface area contributed by atoms with Crippen LogP contribution in [0.2, 0.25) is 0 Å². The predicted molar refractivity (Wildman–Crippen MR) is 287 cm³/mol. The minimum atomic E-state index is 0.614. The molecule has 0 aliphatic rings. The zero-order chi connectivity index (χ0) is 44.7. The molecule has 0 saturated carbocycles. The lowest BCUT2D eigenvalue weighted by atomic mass is 9.96. The molecule has 68 heavy (non-hydrogen) atoms. The molecule has 0 radical (unpaired) electrons. The Morgan fingerprint density at radius 2 is 0.882 bits per heavy atom. The van der Waals surface area contributed by atoms with Crippen molar-refractivity contribution in [2.75, 3.05) is 0 Å². The molecular weight excluding hydrogens is 845 g/mol. The number of thiophene rings is 1. The van der Waals surface area contributed by atoms with Gasteiger partial charge in [0.05, 0.1) is 11.0 Å². The SMILES string of the molecule is c1ccc(-c2cccc3c2c2cc4ccccc4cc2n3-c2ccc(-c3nc(-c4ccc5ccccc5c4)nc(-c4ccc5ccccc5c4)n3)c(-c3ccc4sc5ccccc5c4c3)c2)cc1. The average molecular weight is 883 g/mol. The molecule has 0 unspecified atom stereocenters. The summed E-state index contributed by atoms with van der Waals surface area (Å²) in [6, 6.07) is 83.1. The average Bonchev–Trinajstić information content (AvgIpc) is 3.94. The van der Waals surface area contributed by atoms with Gasteiger partial charge in [-0.2, -0.15) is 0 Å². The van der Waals surface area contributed by atoms with Crippen LogP contribution in [0.1, 0.15) is 0 Å². The van der Waals surface area contributed by atoms with E-state index >= 15 is 0 Å². The van der Waals surface area contributed by atoms with Gasteiger partial charge in [0, 0.05) is 53.3 Å². The number of aromatic nitrogens is 4. The molecule has 3 aromatic heterocycles. The summed E-state index contributed by atoms with van der Waals surface area (Å²) in [6.07, 6.45) is 0. The zero-order valence-electron chi connectivity index (χ0n) is 36.6. The van der Waals surface area contributed by atoms with Crippen molar-refractivity contribution >= 4 is 85.6 Å². The van der Waals surface area contributed by atoms with E-state index in [1.54, 1.807) is 0 Å². The molecule has 0 spiro atoms. The van der Waals surface area contributed by atoms with E-state index in [0.717, 1.165) is 55.3 Å². The lowest BCUT2D eigenvalue weighted by molar-refractivity contribution is 1.07. The third-order valence-electron chi connectivity index (χ3n) is 13.6. The first-order valence-electron chi connectivity index (χ1n) is 23.0. The second-order valence-electron chi connectivity index (χ2n) is 17.6. The molecule has 0 saturated heterocycles. The summed E-state index contributed by atoms with van der Waals surface area (Å²) in [5, 5.41) is 12.0. The molecular formula is C63H38N4S. The Morgan fingerprint density at radius 1 is 0.294 bits per heavy atom. The van der Waals surface area contributed by atoms with Crippen LogP contribution in [0.15, 0.2) is 231 Å². The third-order valence-corrected chi connectivity index (χ3v) is 14.7. The van der Waals surface area contributed by atoms with Crippen molar-refractivity contribution < 1.29 is 0 Å². The van der Waals surface area contributed by atoms with E-state index in [4.69, 9.17) is 15.0 Å². The van der Waals surface area contributed by atoms with Crippen LogP contribution >= 0.6 is 11.3 Å². The highest BCUT2D eigenvalue weighted by Crippen LogP contribution is 2.44. The van der Waals surface area contributed by atoms with Gasteiger partial charge < -0.3 is 4.57 Å². The molecule has 0 aliphatic carbocycles. The van der Waals surface area contributed by atoms with Crippen LogP contribution in [0.5, 0.6) is 0 Å². The van der Waals surface area contributed by atoms with Gasteiger partial charge >= 0.3 is 0 Å². The number of hydrogen-bond acceptors (Lipinski definition) is 4. The molecule has 0 fully saturated rings. The first-order chi connectivity index (χ1) is 33.7. The monoisotopic (exact) mass is 882 g/mol. The molecule has 0 amide bonds. The Hall–Kier alpha value is -8.77. The van der Waals surface area contributed by atoms with Gasteiger partial charge in [0.25, 0.3) is 0 Å². The maximum absolute atomic E-state index is 5.40. The van der Waals surface area contributed by atoms with E-state index in [9.17, 15) is 0 Å². The summed E-state index contributed by atoms with van der Waals surface area (Å²) in [4.78, 5) is 16.0. The van der Waals surface area contributed by atoms with E-state index in [1.807, 2.05) is 11.3 Å². The standard InChI is InChI=1S/C63H38N4S/c1-2-15-41(16-3-1)50-22-12-23-56-60(50)55-35-44-19-8-9-20-45(44)37-57(55)67(56)49-30-31-52(53(38-49)46-29-32-59-54(36-46)51-21-10-11-24-58(51)68-59)63-65-61(47-27-25-39-13-4-6-17-42(39)33-47)64-62(66-63)48-28-26-40-14-5-7-18-43(40)34-48/h1-38H. The largest absolute Gasteiger partial charge is 0.309 e. The van der Waals surface area contributed by atoms with Gasteiger partial charge in [-0.15, -0.1) is 11.3 Å². The van der Waals surface area contributed by atoms with Crippen LogP contribution < -0.4 is 0 Å². The summed E-state index contributed by atoms with van der Waals surface area (Å²) in [6.45, 7) is 0. The Morgan fingerprint density at radius 3 is 1.60 bits per heavy atom. The summed E-state index contributed by atoms with van der Waals surface area (Å²) < 4.78 is 4.98. The molecule has 5 heteroatoms. The molecule has 14 rings (SSSR count). The lowest BCUT2D eigenvalue weighted by Crippen LogP contribution is -2.02. The first-order valence-corrected chi connectivity index (χ1v) is 23.8. The number of nitrogens with zero attached hydrogens (tertiary/aromatic N) is 4. The molecule has 0 aliphatic heterocycles. The highest BCUT2D eigenvalue weighted by molar-refractivity contribution is 7.25. The van der Waals surface area contributed by atoms with Crippen LogP contribution in [-0.4, -0.2) is 19.5 Å². The van der Waals surface area contributed by atoms with Crippen molar-refractivity contribution in [2.24, 2.45) is 0 Å². The van der Waals surface area contributed by atoms with Crippen molar-refractivity contribution in [2.45, 2.75) is 0 Å². The van der Waals surface area contributed by atoms with Crippen molar-refractivity contribution in [1.29, 1.82) is 0 Å². The normalized spacial score (nSPS) is 11.8. The van der Waals surface area contributed by atoms with Gasteiger partial charge in [-0.25, -0.2) is 15.0 Å². The van der Waals surface area contributed by atoms with Gasteiger partial charge in [-0.3, -0.25) is 0 Å². The van der Waals surface area contributed by atoms with Gasteiger partial charge in [-0.1, -0.05) is 164 Å². The molecule has 11 aromatic carbocycles. The van der Waals surface area contributed by atoms with Crippen LogP contribution in [-0.2, 0) is 0 Å². The molecule has 316 valence electrons. The Balaban J connectivity index is 1.05. The second-order valence-corrected chi connectivity index (χ2v) is 18.7. The fourth-order valence-electron chi connectivity index (χ4n) is 10.3. The minimum absolute atomic E-state index is 0.614. The fraction of sp³-hybridized carbons (Fsp3) is 0.